The lowest BCUT2D eigenvalue weighted by Gasteiger charge is -2.30. The van der Waals surface area contributed by atoms with Gasteiger partial charge in [0.05, 0.1) is 11.7 Å². The summed E-state index contributed by atoms with van der Waals surface area (Å²) in [5.41, 5.74) is 0.834. The minimum Gasteiger partial charge on any atom is -0.333 e. The molecule has 9 nitrogen and oxygen atoms in total. The molecule has 1 saturated heterocycles. The second-order valence-corrected chi connectivity index (χ2v) is 5.96. The monoisotopic (exact) mass is 318 g/mol. The highest BCUT2D eigenvalue weighted by atomic mass is 32.1. The Hall–Kier alpha value is -2.17. The maximum atomic E-state index is 5.46. The molecule has 1 unspecified atom stereocenters. The second kappa shape index (κ2) is 5.55. The predicted molar refractivity (Wildman–Crippen MR) is 78.6 cm³/mol. The Labute approximate surface area is 129 Å². The van der Waals surface area contributed by atoms with Gasteiger partial charge in [0.25, 0.3) is 5.89 Å². The lowest BCUT2D eigenvalue weighted by atomic mass is 10.2. The molecule has 4 rings (SSSR count). The van der Waals surface area contributed by atoms with Gasteiger partial charge >= 0.3 is 0 Å². The third kappa shape index (κ3) is 2.30. The standard InChI is InChI=1S/C12H14N8OS/c1-19-4-3-13-6-9(19)11-15-12(21-16-11)10-8(2-5-22-10)20-7-14-17-18-20/h2,5,7,9,13H,3-4,6H2,1H3. The van der Waals surface area contributed by atoms with Gasteiger partial charge in [-0.2, -0.15) is 9.67 Å². The zero-order chi connectivity index (χ0) is 14.9. The van der Waals surface area contributed by atoms with Crippen LogP contribution in [0.1, 0.15) is 11.9 Å². The molecule has 0 radical (unpaired) electrons. The van der Waals surface area contributed by atoms with Crippen molar-refractivity contribution < 1.29 is 4.52 Å². The highest BCUT2D eigenvalue weighted by molar-refractivity contribution is 7.14. The Balaban J connectivity index is 1.66. The Morgan fingerprint density at radius 2 is 2.41 bits per heavy atom. The number of hydrogen-bond donors (Lipinski definition) is 1. The fraction of sp³-hybridized carbons (Fsp3) is 0.417. The summed E-state index contributed by atoms with van der Waals surface area (Å²) in [4.78, 5) is 7.65. The molecule has 0 spiro atoms. The van der Waals surface area contributed by atoms with Gasteiger partial charge < -0.3 is 9.84 Å². The number of hydrogen-bond acceptors (Lipinski definition) is 9. The van der Waals surface area contributed by atoms with Crippen LogP contribution >= 0.6 is 11.3 Å². The quantitative estimate of drug-likeness (QED) is 0.739. The molecule has 3 aromatic rings. The molecule has 1 aliphatic rings. The van der Waals surface area contributed by atoms with E-state index in [2.05, 4.69) is 42.9 Å². The summed E-state index contributed by atoms with van der Waals surface area (Å²) >= 11 is 1.52. The summed E-state index contributed by atoms with van der Waals surface area (Å²) in [7, 11) is 2.07. The van der Waals surface area contributed by atoms with Gasteiger partial charge in [-0.1, -0.05) is 5.16 Å². The van der Waals surface area contributed by atoms with E-state index in [0.29, 0.717) is 11.7 Å². The Morgan fingerprint density at radius 3 is 3.23 bits per heavy atom. The molecule has 1 atom stereocenters. The van der Waals surface area contributed by atoms with Gasteiger partial charge in [0.2, 0.25) is 0 Å². The van der Waals surface area contributed by atoms with Crippen LogP contribution in [-0.2, 0) is 0 Å². The molecule has 1 aliphatic heterocycles. The van der Waals surface area contributed by atoms with Crippen molar-refractivity contribution >= 4 is 11.3 Å². The van der Waals surface area contributed by atoms with Crippen LogP contribution in [0.25, 0.3) is 16.5 Å². The fourth-order valence-electron chi connectivity index (χ4n) is 2.47. The van der Waals surface area contributed by atoms with E-state index >= 15 is 0 Å². The first-order valence-electron chi connectivity index (χ1n) is 6.89. The number of piperazine rings is 1. The van der Waals surface area contributed by atoms with Crippen molar-refractivity contribution in [3.63, 3.8) is 0 Å². The molecule has 0 saturated carbocycles. The third-order valence-corrected chi connectivity index (χ3v) is 4.58. The van der Waals surface area contributed by atoms with Crippen molar-refractivity contribution in [1.29, 1.82) is 0 Å². The molecule has 114 valence electrons. The maximum Gasteiger partial charge on any atom is 0.270 e. The van der Waals surface area contributed by atoms with E-state index in [4.69, 9.17) is 4.52 Å². The van der Waals surface area contributed by atoms with Gasteiger partial charge in [-0.05, 0) is 28.9 Å². The molecule has 0 aromatic carbocycles. The Morgan fingerprint density at radius 1 is 1.45 bits per heavy atom. The summed E-state index contributed by atoms with van der Waals surface area (Å²) < 4.78 is 7.05. The van der Waals surface area contributed by atoms with E-state index in [0.717, 1.165) is 30.2 Å². The zero-order valence-electron chi connectivity index (χ0n) is 11.9. The zero-order valence-corrected chi connectivity index (χ0v) is 12.7. The lowest BCUT2D eigenvalue weighted by molar-refractivity contribution is 0.190. The van der Waals surface area contributed by atoms with Crippen LogP contribution in [0, 0.1) is 0 Å². The Bertz CT molecular complexity index is 751. The number of likely N-dealkylation sites (N-methyl/N-ethyl adjacent to an activating group) is 1. The third-order valence-electron chi connectivity index (χ3n) is 3.69. The van der Waals surface area contributed by atoms with Crippen molar-refractivity contribution in [1.82, 2.24) is 40.6 Å². The van der Waals surface area contributed by atoms with E-state index in [-0.39, 0.29) is 6.04 Å². The molecule has 4 heterocycles. The van der Waals surface area contributed by atoms with Gasteiger partial charge in [-0.3, -0.25) is 4.90 Å². The van der Waals surface area contributed by atoms with E-state index in [1.54, 1.807) is 11.0 Å². The number of nitrogens with zero attached hydrogens (tertiary/aromatic N) is 7. The largest absolute Gasteiger partial charge is 0.333 e. The molecule has 0 bridgehead atoms. The molecule has 0 amide bonds. The molecular weight excluding hydrogens is 304 g/mol. The highest BCUT2D eigenvalue weighted by Crippen LogP contribution is 2.31. The van der Waals surface area contributed by atoms with Crippen molar-refractivity contribution in [2.75, 3.05) is 26.7 Å². The molecule has 1 fully saturated rings. The van der Waals surface area contributed by atoms with Gasteiger partial charge in [-0.25, -0.2) is 0 Å². The molecule has 1 N–H and O–H groups in total. The van der Waals surface area contributed by atoms with Crippen LogP contribution < -0.4 is 5.32 Å². The first kappa shape index (κ1) is 13.5. The molecule has 10 heteroatoms. The lowest BCUT2D eigenvalue weighted by Crippen LogP contribution is -2.44. The van der Waals surface area contributed by atoms with Gasteiger partial charge in [0, 0.05) is 19.6 Å². The fourth-order valence-corrected chi connectivity index (χ4v) is 3.27. The smallest absolute Gasteiger partial charge is 0.270 e. The van der Waals surface area contributed by atoms with Crippen molar-refractivity contribution in [2.24, 2.45) is 0 Å². The number of aromatic nitrogens is 6. The predicted octanol–water partition coefficient (Wildman–Crippen LogP) is 0.350. The van der Waals surface area contributed by atoms with E-state index in [1.165, 1.54) is 11.3 Å². The van der Waals surface area contributed by atoms with Gasteiger partial charge in [0.15, 0.2) is 5.82 Å². The normalized spacial score (nSPS) is 19.6. The van der Waals surface area contributed by atoms with Crippen LogP contribution in [0.15, 0.2) is 22.3 Å². The number of tetrazole rings is 1. The van der Waals surface area contributed by atoms with Crippen LogP contribution in [-0.4, -0.2) is 61.9 Å². The number of thiophene rings is 1. The molecule has 22 heavy (non-hydrogen) atoms. The topological polar surface area (TPSA) is 97.8 Å². The average molecular weight is 318 g/mol. The maximum absolute atomic E-state index is 5.46. The van der Waals surface area contributed by atoms with E-state index in [1.807, 2.05) is 11.4 Å². The summed E-state index contributed by atoms with van der Waals surface area (Å²) in [6, 6.07) is 2.05. The molecule has 0 aliphatic carbocycles. The summed E-state index contributed by atoms with van der Waals surface area (Å²) in [6.45, 7) is 2.76. The van der Waals surface area contributed by atoms with E-state index in [9.17, 15) is 0 Å². The number of rotatable bonds is 3. The molecular formula is C12H14N8OS. The minimum absolute atomic E-state index is 0.127. The van der Waals surface area contributed by atoms with Crippen LogP contribution in [0.5, 0.6) is 0 Å². The van der Waals surface area contributed by atoms with Crippen LogP contribution in [0.4, 0.5) is 0 Å². The van der Waals surface area contributed by atoms with Crippen LogP contribution in [0.2, 0.25) is 0 Å². The SMILES string of the molecule is CN1CCNCC1c1noc(-c2sccc2-n2cnnn2)n1. The summed E-state index contributed by atoms with van der Waals surface area (Å²) in [6.07, 6.45) is 1.54. The highest BCUT2D eigenvalue weighted by Gasteiger charge is 2.26. The van der Waals surface area contributed by atoms with Gasteiger partial charge in [0.1, 0.15) is 11.2 Å². The second-order valence-electron chi connectivity index (χ2n) is 5.05. The van der Waals surface area contributed by atoms with Gasteiger partial charge in [-0.15, -0.1) is 16.4 Å². The Kier molecular flexibility index (Phi) is 3.41. The van der Waals surface area contributed by atoms with Crippen molar-refractivity contribution in [3.05, 3.63) is 23.6 Å². The summed E-state index contributed by atoms with van der Waals surface area (Å²) in [5, 5.41) is 20.7. The summed E-state index contributed by atoms with van der Waals surface area (Å²) in [5.74, 6) is 1.19. The van der Waals surface area contributed by atoms with Crippen LogP contribution in [0.3, 0.4) is 0 Å². The first-order valence-corrected chi connectivity index (χ1v) is 7.76. The van der Waals surface area contributed by atoms with Crippen molar-refractivity contribution in [3.8, 4) is 16.5 Å². The molecule has 3 aromatic heterocycles. The van der Waals surface area contributed by atoms with Crippen molar-refractivity contribution in [2.45, 2.75) is 6.04 Å². The number of nitrogens with one attached hydrogen (secondary N) is 1. The van der Waals surface area contributed by atoms with E-state index < -0.39 is 0 Å². The minimum atomic E-state index is 0.127. The average Bonchev–Trinajstić information content (AvgIpc) is 3.27. The first-order chi connectivity index (χ1) is 10.8.